The van der Waals surface area contributed by atoms with Gasteiger partial charge in [-0.1, -0.05) is 269 Å². The number of phosphoric acid groups is 2. The summed E-state index contributed by atoms with van der Waals surface area (Å²) < 4.78 is 68.5. The minimum atomic E-state index is -5.00. The molecule has 19 heteroatoms. The molecular formula is C85H140O17P2. The molecular weight excluding hydrogens is 1350 g/mol. The van der Waals surface area contributed by atoms with E-state index >= 15 is 0 Å². The highest BCUT2D eigenvalue weighted by Gasteiger charge is 2.30. The number of carbonyl (C=O) groups excluding carboxylic acids is 4. The molecule has 0 heterocycles. The van der Waals surface area contributed by atoms with Crippen LogP contribution in [-0.4, -0.2) is 96.7 Å². The SMILES string of the molecule is CC/C=C\C/C=C\C/C=C\C/C=C\C/C=C\CCCC(=O)OCC(COP(=O)(O)OCC(O)COP(=O)(O)OCC(COC(=O)CCCC/C=C\C/C=C\C/C=C\C/C=C\CC)OC(=O)CCCCCCC/C=C\CCCCCCCC)OC(=O)CCCCCCCCC/C=C\C/C=C\C/C=C\CC. The van der Waals surface area contributed by atoms with Crippen molar-refractivity contribution in [1.29, 1.82) is 0 Å². The van der Waals surface area contributed by atoms with Crippen LogP contribution in [0, 0.1) is 0 Å². The molecule has 5 unspecified atom stereocenters. The first-order valence-corrected chi connectivity index (χ1v) is 42.7. The molecule has 0 aliphatic heterocycles. The Labute approximate surface area is 629 Å². The van der Waals surface area contributed by atoms with E-state index in [9.17, 15) is 43.2 Å². The lowest BCUT2D eigenvalue weighted by Crippen LogP contribution is -2.30. The number of carbonyl (C=O) groups is 4. The maximum Gasteiger partial charge on any atom is 0.472 e. The van der Waals surface area contributed by atoms with Gasteiger partial charge in [0.15, 0.2) is 12.2 Å². The highest BCUT2D eigenvalue weighted by atomic mass is 31.2. The smallest absolute Gasteiger partial charge is 0.462 e. The first-order valence-electron chi connectivity index (χ1n) is 39.7. The van der Waals surface area contributed by atoms with E-state index in [0.29, 0.717) is 32.1 Å². The van der Waals surface area contributed by atoms with Crippen LogP contribution in [0.15, 0.2) is 158 Å². The molecule has 0 rings (SSSR count). The minimum absolute atomic E-state index is 0.0652. The third kappa shape index (κ3) is 74.9. The molecule has 0 saturated carbocycles. The van der Waals surface area contributed by atoms with Gasteiger partial charge in [-0.3, -0.25) is 37.3 Å². The molecule has 592 valence electrons. The lowest BCUT2D eigenvalue weighted by atomic mass is 10.1. The van der Waals surface area contributed by atoms with Crippen molar-refractivity contribution in [2.75, 3.05) is 39.6 Å². The Morgan fingerprint density at radius 3 is 0.837 bits per heavy atom. The zero-order valence-corrected chi connectivity index (χ0v) is 66.4. The zero-order valence-electron chi connectivity index (χ0n) is 64.6. The van der Waals surface area contributed by atoms with Crippen molar-refractivity contribution in [2.24, 2.45) is 0 Å². The predicted molar refractivity (Wildman–Crippen MR) is 427 cm³/mol. The third-order valence-electron chi connectivity index (χ3n) is 16.0. The normalized spacial score (nSPS) is 14.7. The summed E-state index contributed by atoms with van der Waals surface area (Å²) in [6.45, 7) is 4.39. The number of hydrogen-bond donors (Lipinski definition) is 3. The van der Waals surface area contributed by atoms with Gasteiger partial charge in [-0.05, 0) is 161 Å². The Balaban J connectivity index is 5.47. The van der Waals surface area contributed by atoms with Crippen LogP contribution in [0.25, 0.3) is 0 Å². The number of phosphoric ester groups is 2. The summed E-state index contributed by atoms with van der Waals surface area (Å²) in [6, 6.07) is 0. The molecule has 17 nitrogen and oxygen atoms in total. The van der Waals surface area contributed by atoms with E-state index < -0.39 is 97.5 Å². The van der Waals surface area contributed by atoms with Gasteiger partial charge in [-0.2, -0.15) is 0 Å². The van der Waals surface area contributed by atoms with E-state index in [1.807, 2.05) is 12.2 Å². The van der Waals surface area contributed by atoms with Crippen molar-refractivity contribution in [3.8, 4) is 0 Å². The number of unbranched alkanes of at least 4 members (excludes halogenated alkanes) is 21. The highest BCUT2D eigenvalue weighted by Crippen LogP contribution is 2.45. The molecule has 0 fully saturated rings. The van der Waals surface area contributed by atoms with E-state index in [-0.39, 0.29) is 25.7 Å². The van der Waals surface area contributed by atoms with Gasteiger partial charge in [0.1, 0.15) is 19.3 Å². The Morgan fingerprint density at radius 2 is 0.510 bits per heavy atom. The number of ether oxygens (including phenoxy) is 4. The maximum atomic E-state index is 13.1. The average molecular weight is 1500 g/mol. The number of rotatable bonds is 73. The van der Waals surface area contributed by atoms with Crippen molar-refractivity contribution in [1.82, 2.24) is 0 Å². The molecule has 0 aromatic rings. The van der Waals surface area contributed by atoms with Gasteiger partial charge < -0.3 is 33.8 Å². The largest absolute Gasteiger partial charge is 0.472 e. The number of hydrogen-bond acceptors (Lipinski definition) is 15. The van der Waals surface area contributed by atoms with Gasteiger partial charge >= 0.3 is 39.5 Å². The van der Waals surface area contributed by atoms with E-state index in [1.54, 1.807) is 0 Å². The molecule has 0 aromatic carbocycles. The van der Waals surface area contributed by atoms with E-state index in [0.717, 1.165) is 173 Å². The first-order chi connectivity index (χ1) is 50.7. The van der Waals surface area contributed by atoms with Gasteiger partial charge in [0.25, 0.3) is 0 Å². The van der Waals surface area contributed by atoms with Gasteiger partial charge in [0.2, 0.25) is 0 Å². The summed E-state index contributed by atoms with van der Waals surface area (Å²) in [6.07, 6.45) is 88.0. The molecule has 0 radical (unpaired) electrons. The maximum absolute atomic E-state index is 13.1. The first kappa shape index (κ1) is 98.7. The average Bonchev–Trinajstić information content (AvgIpc) is 0.926. The fourth-order valence-electron chi connectivity index (χ4n) is 10.0. The lowest BCUT2D eigenvalue weighted by molar-refractivity contribution is -0.161. The van der Waals surface area contributed by atoms with Gasteiger partial charge in [0.05, 0.1) is 26.4 Å². The Hall–Kier alpha value is -5.32. The second kappa shape index (κ2) is 75.9. The molecule has 0 spiro atoms. The van der Waals surface area contributed by atoms with E-state index in [2.05, 4.69) is 174 Å². The van der Waals surface area contributed by atoms with Crippen LogP contribution < -0.4 is 0 Å². The quantitative estimate of drug-likeness (QED) is 0.0169. The topological polar surface area (TPSA) is 237 Å². The summed E-state index contributed by atoms with van der Waals surface area (Å²) >= 11 is 0. The third-order valence-corrected chi connectivity index (χ3v) is 17.9. The van der Waals surface area contributed by atoms with Crippen molar-refractivity contribution in [3.63, 3.8) is 0 Å². The van der Waals surface area contributed by atoms with E-state index in [4.69, 9.17) is 37.0 Å². The molecule has 0 aromatic heterocycles. The summed E-state index contributed by atoms with van der Waals surface area (Å²) in [7, 11) is -10.00. The van der Waals surface area contributed by atoms with E-state index in [1.165, 1.54) is 38.5 Å². The minimum Gasteiger partial charge on any atom is -0.462 e. The van der Waals surface area contributed by atoms with Crippen LogP contribution in [0.4, 0.5) is 0 Å². The van der Waals surface area contributed by atoms with Crippen molar-refractivity contribution >= 4 is 39.5 Å². The molecule has 0 bridgehead atoms. The van der Waals surface area contributed by atoms with Crippen LogP contribution in [0.5, 0.6) is 0 Å². The summed E-state index contributed by atoms with van der Waals surface area (Å²) in [5.41, 5.74) is 0. The second-order valence-corrected chi connectivity index (χ2v) is 28.8. The molecule has 0 amide bonds. The molecule has 5 atom stereocenters. The molecule has 0 aliphatic carbocycles. The zero-order chi connectivity index (χ0) is 76.0. The van der Waals surface area contributed by atoms with Crippen LogP contribution in [0.2, 0.25) is 0 Å². The van der Waals surface area contributed by atoms with Crippen molar-refractivity contribution in [3.05, 3.63) is 158 Å². The Kier molecular flexibility index (Phi) is 72.0. The summed E-state index contributed by atoms with van der Waals surface area (Å²) in [5.74, 6) is -2.32. The van der Waals surface area contributed by atoms with Crippen LogP contribution in [0.3, 0.4) is 0 Å². The fraction of sp³-hybridized carbons (Fsp3) is 0.647. The summed E-state index contributed by atoms with van der Waals surface area (Å²) in [5, 5.41) is 10.6. The standard InChI is InChI=1S/C85H140O17P2/c1-5-9-13-17-21-25-29-33-37-39-43-46-50-54-58-62-66-70-83(88)96-76-81(102-85(90)72-68-64-60-56-52-48-44-40-38-34-30-26-22-18-14-10-6-2)78-100-104(93,94)98-74-79(86)73-97-103(91,92)99-77-80(101-84(89)71-67-63-59-55-51-47-42-36-32-28-24-20-16-12-8-4)75-95-82(87)69-65-61-57-53-49-45-41-35-31-27-23-19-15-11-7-3/h9-11,13-15,21-23,25-27,33-38,41-43,46,49,53-54,58,79-81,86H,5-8,12,16-20,24,28-32,39-40,44-45,47-48,50-52,55-57,59-78H2,1-4H3,(H,91,92)(H,93,94)/b13-9-,14-10-,15-11-,25-21-,26-22-,27-23-,37-33-,38-34-,41-35-,42-36-,46-43-,53-49-,58-54-. The molecule has 104 heavy (non-hydrogen) atoms. The number of allylic oxidation sites excluding steroid dienone is 26. The lowest BCUT2D eigenvalue weighted by Gasteiger charge is -2.21. The second-order valence-electron chi connectivity index (χ2n) is 25.9. The monoisotopic (exact) mass is 1490 g/mol. The van der Waals surface area contributed by atoms with Gasteiger partial charge in [-0.25, -0.2) is 9.13 Å². The van der Waals surface area contributed by atoms with Crippen molar-refractivity contribution in [2.45, 2.75) is 316 Å². The number of aliphatic hydroxyl groups excluding tert-OH is 1. The molecule has 3 N–H and O–H groups in total. The molecule has 0 saturated heterocycles. The fourth-order valence-corrected chi connectivity index (χ4v) is 11.6. The number of aliphatic hydroxyl groups is 1. The molecule has 0 aliphatic rings. The highest BCUT2D eigenvalue weighted by molar-refractivity contribution is 7.47. The van der Waals surface area contributed by atoms with Crippen molar-refractivity contribution < 1.29 is 80.2 Å². The van der Waals surface area contributed by atoms with Crippen LogP contribution >= 0.6 is 15.6 Å². The Morgan fingerprint density at radius 1 is 0.279 bits per heavy atom. The predicted octanol–water partition coefficient (Wildman–Crippen LogP) is 23.2. The summed E-state index contributed by atoms with van der Waals surface area (Å²) in [4.78, 5) is 73.0. The van der Waals surface area contributed by atoms with Gasteiger partial charge in [-0.15, -0.1) is 0 Å². The van der Waals surface area contributed by atoms with Crippen LogP contribution in [0.1, 0.15) is 297 Å². The van der Waals surface area contributed by atoms with Gasteiger partial charge in [0, 0.05) is 25.7 Å². The van der Waals surface area contributed by atoms with Crippen LogP contribution in [-0.2, 0) is 65.4 Å². The Bertz CT molecular complexity index is 2590. The number of esters is 4.